The highest BCUT2D eigenvalue weighted by atomic mass is 16.6. The summed E-state index contributed by atoms with van der Waals surface area (Å²) >= 11 is 0. The number of hydrogen-bond donors (Lipinski definition) is 9. The molecule has 21 atom stereocenters. The van der Waals surface area contributed by atoms with Crippen molar-refractivity contribution in [1.29, 1.82) is 0 Å². The van der Waals surface area contributed by atoms with E-state index in [1.54, 1.807) is 13.8 Å². The van der Waals surface area contributed by atoms with Crippen molar-refractivity contribution in [2.45, 2.75) is 204 Å². The highest BCUT2D eigenvalue weighted by Crippen LogP contribution is 2.93. The third-order valence-electron chi connectivity index (χ3n) is 19.1. The Balaban J connectivity index is 1.13. The van der Waals surface area contributed by atoms with Gasteiger partial charge >= 0.3 is 0 Å². The van der Waals surface area contributed by atoms with E-state index in [1.165, 1.54) is 0 Å². The SMILES string of the molecule is CC(C)(O)C1CCC(C)(C2C(O)CC3(C)C2(C)CCC24CC25CCC(OCC2OCC(O)C(O)C2O)C(C)(C)C5C(OCC2OC(CO)C(O)C(O)C2O)CC34C)O1. The first kappa shape index (κ1) is 44.1. The van der Waals surface area contributed by atoms with Crippen molar-refractivity contribution in [3.63, 3.8) is 0 Å². The molecule has 0 aromatic carbocycles. The van der Waals surface area contributed by atoms with Gasteiger partial charge in [0.05, 0.1) is 62.0 Å². The first-order valence-electron chi connectivity index (χ1n) is 22.2. The van der Waals surface area contributed by atoms with Crippen LogP contribution in [-0.2, 0) is 23.7 Å². The van der Waals surface area contributed by atoms with Gasteiger partial charge in [0.2, 0.25) is 0 Å². The minimum atomic E-state index is -1.52. The number of rotatable bonds is 9. The van der Waals surface area contributed by atoms with E-state index in [0.29, 0.717) is 12.8 Å². The predicted molar refractivity (Wildman–Crippen MR) is 208 cm³/mol. The lowest BCUT2D eigenvalue weighted by Gasteiger charge is -2.70. The van der Waals surface area contributed by atoms with Crippen molar-refractivity contribution in [2.24, 2.45) is 44.3 Å². The molecule has 5 saturated carbocycles. The molecule has 14 heteroatoms. The molecule has 9 N–H and O–H groups in total. The Bertz CT molecular complexity index is 1540. The minimum absolute atomic E-state index is 0.0142. The number of fused-ring (bicyclic) bond motifs is 2. The molecule has 3 heterocycles. The summed E-state index contributed by atoms with van der Waals surface area (Å²) in [6, 6.07) is 0. The zero-order valence-corrected chi connectivity index (χ0v) is 35.9. The Labute approximate surface area is 343 Å². The van der Waals surface area contributed by atoms with Gasteiger partial charge in [-0.05, 0) is 117 Å². The molecule has 334 valence electrons. The summed E-state index contributed by atoms with van der Waals surface area (Å²) in [6.07, 6.45) is -5.29. The molecular weight excluding hydrogens is 752 g/mol. The highest BCUT2D eigenvalue weighted by Gasteiger charge is 2.88. The summed E-state index contributed by atoms with van der Waals surface area (Å²) in [4.78, 5) is 0. The Hall–Kier alpha value is -0.560. The van der Waals surface area contributed by atoms with Crippen LogP contribution in [0.3, 0.4) is 0 Å². The molecule has 14 nitrogen and oxygen atoms in total. The molecule has 0 aromatic rings. The van der Waals surface area contributed by atoms with Gasteiger partial charge in [0.1, 0.15) is 54.9 Å². The Morgan fingerprint density at radius 2 is 1.33 bits per heavy atom. The summed E-state index contributed by atoms with van der Waals surface area (Å²) in [5, 5.41) is 96.7. The molecule has 58 heavy (non-hydrogen) atoms. The third-order valence-corrected chi connectivity index (χ3v) is 19.1. The first-order chi connectivity index (χ1) is 26.9. The average Bonchev–Trinajstić information content (AvgIpc) is 3.52. The average molecular weight is 827 g/mol. The van der Waals surface area contributed by atoms with Crippen LogP contribution < -0.4 is 0 Å². The number of aliphatic hydroxyl groups is 9. The maximum Gasteiger partial charge on any atom is 0.111 e. The van der Waals surface area contributed by atoms with Gasteiger partial charge in [0.25, 0.3) is 0 Å². The van der Waals surface area contributed by atoms with E-state index in [2.05, 4.69) is 41.5 Å². The van der Waals surface area contributed by atoms with Gasteiger partial charge in [-0.3, -0.25) is 0 Å². The van der Waals surface area contributed by atoms with Crippen molar-refractivity contribution in [3.8, 4) is 0 Å². The maximum atomic E-state index is 12.3. The molecule has 3 saturated heterocycles. The normalized spacial score (nSPS) is 57.6. The summed E-state index contributed by atoms with van der Waals surface area (Å²) in [5.41, 5.74) is -3.19. The van der Waals surface area contributed by atoms with Crippen LogP contribution in [0, 0.1) is 44.3 Å². The van der Waals surface area contributed by atoms with Gasteiger partial charge in [-0.15, -0.1) is 0 Å². The molecule has 3 aliphatic heterocycles. The third kappa shape index (κ3) is 5.93. The highest BCUT2D eigenvalue weighted by molar-refractivity contribution is 5.37. The van der Waals surface area contributed by atoms with Crippen LogP contribution >= 0.6 is 0 Å². The van der Waals surface area contributed by atoms with Crippen LogP contribution in [0.1, 0.15) is 113 Å². The Morgan fingerprint density at radius 3 is 1.98 bits per heavy atom. The van der Waals surface area contributed by atoms with E-state index in [1.807, 2.05) is 0 Å². The number of aliphatic hydroxyl groups excluding tert-OH is 8. The standard InChI is InChI=1S/C44H74O14/c1-37(2)28(56-19-26-32(50)30(48)23(47)18-54-26)10-12-43-21-44(43)14-13-39(5)35(40(6)11-9-29(58-40)38(3,4)53)22(46)15-41(39,7)42(44,8)16-24(36(37)43)55-20-27-33(51)34(52)31(49)25(17-45)57-27/h22-36,45-53H,9-21H2,1-8H3. The molecular formula is C44H74O14. The van der Waals surface area contributed by atoms with Crippen LogP contribution in [-0.4, -0.2) is 163 Å². The van der Waals surface area contributed by atoms with Gasteiger partial charge < -0.3 is 69.6 Å². The van der Waals surface area contributed by atoms with E-state index in [4.69, 9.17) is 23.7 Å². The Kier molecular flexibility index (Phi) is 10.8. The monoisotopic (exact) mass is 827 g/mol. The van der Waals surface area contributed by atoms with Gasteiger partial charge in [-0.1, -0.05) is 34.6 Å². The molecule has 0 amide bonds. The van der Waals surface area contributed by atoms with Crippen LogP contribution in [0.2, 0.25) is 0 Å². The molecule has 2 spiro atoms. The van der Waals surface area contributed by atoms with E-state index >= 15 is 0 Å². The van der Waals surface area contributed by atoms with Crippen molar-refractivity contribution < 1.29 is 69.6 Å². The molecule has 0 aromatic heterocycles. The second-order valence-electron chi connectivity index (χ2n) is 22.4. The second-order valence-corrected chi connectivity index (χ2v) is 22.4. The molecule has 5 aliphatic carbocycles. The van der Waals surface area contributed by atoms with E-state index < -0.39 is 84.3 Å². The molecule has 8 aliphatic rings. The maximum absolute atomic E-state index is 12.3. The zero-order chi connectivity index (χ0) is 42.4. The number of hydrogen-bond acceptors (Lipinski definition) is 14. The van der Waals surface area contributed by atoms with Crippen molar-refractivity contribution >= 4 is 0 Å². The predicted octanol–water partition coefficient (Wildman–Crippen LogP) is 1.20. The number of ether oxygens (including phenoxy) is 5. The van der Waals surface area contributed by atoms with Crippen LogP contribution in [0.4, 0.5) is 0 Å². The van der Waals surface area contributed by atoms with Crippen LogP contribution in [0.15, 0.2) is 0 Å². The van der Waals surface area contributed by atoms with E-state index in [9.17, 15) is 46.0 Å². The topological polar surface area (TPSA) is 228 Å². The van der Waals surface area contributed by atoms with Gasteiger partial charge in [-0.2, -0.15) is 0 Å². The first-order valence-corrected chi connectivity index (χ1v) is 22.2. The quantitative estimate of drug-likeness (QED) is 0.159. The van der Waals surface area contributed by atoms with Crippen LogP contribution in [0.5, 0.6) is 0 Å². The Morgan fingerprint density at radius 1 is 0.672 bits per heavy atom. The summed E-state index contributed by atoms with van der Waals surface area (Å²) < 4.78 is 32.2. The van der Waals surface area contributed by atoms with Crippen molar-refractivity contribution in [2.75, 3.05) is 26.4 Å². The minimum Gasteiger partial charge on any atom is -0.394 e. The fourth-order valence-corrected chi connectivity index (χ4v) is 15.9. The summed E-state index contributed by atoms with van der Waals surface area (Å²) in [7, 11) is 0. The molecule has 21 unspecified atom stereocenters. The molecule has 0 bridgehead atoms. The second kappa shape index (κ2) is 14.2. The van der Waals surface area contributed by atoms with Gasteiger partial charge in [0, 0.05) is 5.92 Å². The molecule has 8 fully saturated rings. The molecule has 8 rings (SSSR count). The van der Waals surface area contributed by atoms with Gasteiger partial charge in [0.15, 0.2) is 0 Å². The lowest BCUT2D eigenvalue weighted by atomic mass is 9.35. The van der Waals surface area contributed by atoms with Gasteiger partial charge in [-0.25, -0.2) is 0 Å². The summed E-state index contributed by atoms with van der Waals surface area (Å²) in [6.45, 7) is 16.7. The smallest absolute Gasteiger partial charge is 0.111 e. The lowest BCUT2D eigenvalue weighted by molar-refractivity contribution is -0.275. The fourth-order valence-electron chi connectivity index (χ4n) is 15.9. The van der Waals surface area contributed by atoms with E-state index in [0.717, 1.165) is 44.9 Å². The summed E-state index contributed by atoms with van der Waals surface area (Å²) in [5.74, 6) is -0.162. The lowest BCUT2D eigenvalue weighted by Crippen LogP contribution is -2.67. The largest absolute Gasteiger partial charge is 0.394 e. The van der Waals surface area contributed by atoms with Crippen molar-refractivity contribution in [1.82, 2.24) is 0 Å². The van der Waals surface area contributed by atoms with E-state index in [-0.39, 0.29) is 77.0 Å². The fraction of sp³-hybridized carbons (Fsp3) is 1.00. The zero-order valence-electron chi connectivity index (χ0n) is 35.9. The van der Waals surface area contributed by atoms with Crippen LogP contribution in [0.25, 0.3) is 0 Å². The molecule has 0 radical (unpaired) electrons. The van der Waals surface area contributed by atoms with Crippen molar-refractivity contribution in [3.05, 3.63) is 0 Å².